The molecule has 1 aromatic heterocycles. The van der Waals surface area contributed by atoms with E-state index in [1.807, 2.05) is 6.92 Å². The minimum absolute atomic E-state index is 0.0641. The fourth-order valence-corrected chi connectivity index (χ4v) is 2.17. The summed E-state index contributed by atoms with van der Waals surface area (Å²) in [4.78, 5) is 4.32. The molecule has 82 valence electrons. The molecule has 2 N–H and O–H groups in total. The topological polar surface area (TPSA) is 62.6 Å². The summed E-state index contributed by atoms with van der Waals surface area (Å²) in [6.07, 6.45) is 0.805. The maximum atomic E-state index is 9.82. The molecule has 0 fully saturated rings. The highest BCUT2D eigenvalue weighted by Crippen LogP contribution is 2.42. The van der Waals surface area contributed by atoms with E-state index < -0.39 is 0 Å². The summed E-state index contributed by atoms with van der Waals surface area (Å²) >= 11 is 0. The Balaban J connectivity index is 2.52. The van der Waals surface area contributed by atoms with Crippen molar-refractivity contribution < 1.29 is 14.9 Å². The molecule has 3 rings (SSSR count). The lowest BCUT2D eigenvalue weighted by molar-refractivity contribution is 0.359. The van der Waals surface area contributed by atoms with Crippen LogP contribution in [0.2, 0.25) is 0 Å². The van der Waals surface area contributed by atoms with Gasteiger partial charge in [-0.2, -0.15) is 0 Å². The zero-order valence-corrected chi connectivity index (χ0v) is 8.82. The Bertz CT molecular complexity index is 593. The van der Waals surface area contributed by atoms with Gasteiger partial charge in [0.2, 0.25) is 0 Å². The number of ether oxygens (including phenoxy) is 1. The van der Waals surface area contributed by atoms with E-state index in [-0.39, 0.29) is 11.5 Å². The van der Waals surface area contributed by atoms with Crippen LogP contribution in [0.5, 0.6) is 17.2 Å². The molecule has 0 bridgehead atoms. The maximum absolute atomic E-state index is 9.82. The molecule has 1 aromatic carbocycles. The van der Waals surface area contributed by atoms with Crippen molar-refractivity contribution in [3.05, 3.63) is 23.4 Å². The third-order valence-electron chi connectivity index (χ3n) is 2.95. The predicted molar refractivity (Wildman–Crippen MR) is 59.0 cm³/mol. The summed E-state index contributed by atoms with van der Waals surface area (Å²) in [6, 6.07) is 2.89. The predicted octanol–water partition coefficient (Wildman–Crippen LogP) is 1.89. The smallest absolute Gasteiger partial charge is 0.142 e. The van der Waals surface area contributed by atoms with Gasteiger partial charge in [-0.25, -0.2) is 4.98 Å². The maximum Gasteiger partial charge on any atom is 0.142 e. The summed E-state index contributed by atoms with van der Waals surface area (Å²) in [5.74, 6) is 0.823. The van der Waals surface area contributed by atoms with Gasteiger partial charge >= 0.3 is 0 Å². The van der Waals surface area contributed by atoms with Crippen LogP contribution in [0.15, 0.2) is 12.1 Å². The van der Waals surface area contributed by atoms with Gasteiger partial charge in [-0.1, -0.05) is 0 Å². The zero-order chi connectivity index (χ0) is 11.3. The summed E-state index contributed by atoms with van der Waals surface area (Å²) in [6.45, 7) is 2.49. The fraction of sp³-hybridized carbons (Fsp3) is 0.250. The van der Waals surface area contributed by atoms with Crippen LogP contribution < -0.4 is 4.74 Å². The third-order valence-corrected chi connectivity index (χ3v) is 2.95. The lowest BCUT2D eigenvalue weighted by atomic mass is 10.1. The van der Waals surface area contributed by atoms with E-state index in [0.29, 0.717) is 23.3 Å². The van der Waals surface area contributed by atoms with Crippen LogP contribution in [-0.4, -0.2) is 21.8 Å². The van der Waals surface area contributed by atoms with Crippen LogP contribution in [-0.2, 0) is 6.42 Å². The zero-order valence-electron chi connectivity index (χ0n) is 8.82. The number of aryl methyl sites for hydroxylation is 1. The Labute approximate surface area is 92.1 Å². The first-order valence-electron chi connectivity index (χ1n) is 5.15. The van der Waals surface area contributed by atoms with Crippen molar-refractivity contribution in [3.63, 3.8) is 0 Å². The van der Waals surface area contributed by atoms with Crippen molar-refractivity contribution in [2.24, 2.45) is 0 Å². The molecule has 1 aliphatic rings. The minimum Gasteiger partial charge on any atom is -0.507 e. The summed E-state index contributed by atoms with van der Waals surface area (Å²) in [7, 11) is 0. The molecule has 1 aliphatic heterocycles. The number of hydrogen-bond acceptors (Lipinski definition) is 4. The largest absolute Gasteiger partial charge is 0.507 e. The molecular formula is C12H11NO3. The van der Waals surface area contributed by atoms with Crippen LogP contribution in [0, 0.1) is 6.92 Å². The molecule has 0 unspecified atom stereocenters. The first-order chi connectivity index (χ1) is 7.68. The number of benzene rings is 1. The molecule has 0 spiro atoms. The average Bonchev–Trinajstić information content (AvgIpc) is 2.73. The van der Waals surface area contributed by atoms with Crippen molar-refractivity contribution in [1.29, 1.82) is 0 Å². The Hall–Kier alpha value is -1.97. The quantitative estimate of drug-likeness (QED) is 0.661. The van der Waals surface area contributed by atoms with Gasteiger partial charge in [-0.15, -0.1) is 0 Å². The first kappa shape index (κ1) is 9.27. The van der Waals surface area contributed by atoms with Gasteiger partial charge in [0.1, 0.15) is 22.8 Å². The molecular weight excluding hydrogens is 206 g/mol. The number of aromatic nitrogens is 1. The second-order valence-electron chi connectivity index (χ2n) is 3.93. The SMILES string of the molecule is Cc1nc2c(O)ccc(O)c2c2c1CCO2. The van der Waals surface area contributed by atoms with Crippen molar-refractivity contribution in [2.75, 3.05) is 6.61 Å². The van der Waals surface area contributed by atoms with E-state index in [4.69, 9.17) is 4.74 Å². The van der Waals surface area contributed by atoms with Gasteiger partial charge < -0.3 is 14.9 Å². The van der Waals surface area contributed by atoms with Gasteiger partial charge in [0.15, 0.2) is 0 Å². The Morgan fingerprint density at radius 3 is 2.81 bits per heavy atom. The number of rotatable bonds is 0. The molecule has 0 amide bonds. The van der Waals surface area contributed by atoms with E-state index in [1.165, 1.54) is 12.1 Å². The molecule has 4 heteroatoms. The van der Waals surface area contributed by atoms with Crippen LogP contribution in [0.25, 0.3) is 10.9 Å². The highest BCUT2D eigenvalue weighted by molar-refractivity contribution is 5.96. The van der Waals surface area contributed by atoms with Crippen molar-refractivity contribution in [3.8, 4) is 17.2 Å². The van der Waals surface area contributed by atoms with E-state index in [0.717, 1.165) is 17.7 Å². The van der Waals surface area contributed by atoms with Crippen LogP contribution >= 0.6 is 0 Å². The molecule has 4 nitrogen and oxygen atoms in total. The molecule has 0 atom stereocenters. The van der Waals surface area contributed by atoms with Gasteiger partial charge in [0.05, 0.1) is 12.0 Å². The molecule has 2 aromatic rings. The number of nitrogens with zero attached hydrogens (tertiary/aromatic N) is 1. The minimum atomic E-state index is 0.0641. The van der Waals surface area contributed by atoms with E-state index in [9.17, 15) is 10.2 Å². The number of hydrogen-bond donors (Lipinski definition) is 2. The highest BCUT2D eigenvalue weighted by Gasteiger charge is 2.22. The van der Waals surface area contributed by atoms with Crippen molar-refractivity contribution in [2.45, 2.75) is 13.3 Å². The Kier molecular flexibility index (Phi) is 1.74. The fourth-order valence-electron chi connectivity index (χ4n) is 2.17. The lowest BCUT2D eigenvalue weighted by Gasteiger charge is -2.09. The van der Waals surface area contributed by atoms with Crippen LogP contribution in [0.3, 0.4) is 0 Å². The number of phenols is 2. The lowest BCUT2D eigenvalue weighted by Crippen LogP contribution is -1.91. The monoisotopic (exact) mass is 217 g/mol. The molecule has 2 heterocycles. The summed E-state index contributed by atoms with van der Waals surface area (Å²) in [5.41, 5.74) is 2.27. The standard InChI is InChI=1S/C12H11NO3/c1-6-7-4-5-16-12(7)10-8(14)2-3-9(15)11(10)13-6/h2-3,14-15H,4-5H2,1H3. The van der Waals surface area contributed by atoms with Gasteiger partial charge in [-0.3, -0.25) is 0 Å². The third kappa shape index (κ3) is 1.07. The first-order valence-corrected chi connectivity index (χ1v) is 5.15. The summed E-state index contributed by atoms with van der Waals surface area (Å²) in [5, 5.41) is 20.1. The van der Waals surface area contributed by atoms with Gasteiger partial charge in [0.25, 0.3) is 0 Å². The number of fused-ring (bicyclic) bond motifs is 3. The van der Waals surface area contributed by atoms with Gasteiger partial charge in [0, 0.05) is 17.7 Å². The molecule has 0 radical (unpaired) electrons. The highest BCUT2D eigenvalue weighted by atomic mass is 16.5. The molecule has 0 saturated carbocycles. The Morgan fingerprint density at radius 2 is 2.00 bits per heavy atom. The van der Waals surface area contributed by atoms with Crippen LogP contribution in [0.4, 0.5) is 0 Å². The second-order valence-corrected chi connectivity index (χ2v) is 3.93. The number of pyridine rings is 1. The average molecular weight is 217 g/mol. The molecule has 0 saturated heterocycles. The second kappa shape index (κ2) is 3.01. The Morgan fingerprint density at radius 1 is 1.25 bits per heavy atom. The summed E-state index contributed by atoms with van der Waals surface area (Å²) < 4.78 is 5.52. The normalized spacial score (nSPS) is 13.8. The van der Waals surface area contributed by atoms with Crippen LogP contribution in [0.1, 0.15) is 11.3 Å². The molecule has 16 heavy (non-hydrogen) atoms. The van der Waals surface area contributed by atoms with Gasteiger partial charge in [-0.05, 0) is 19.1 Å². The van der Waals surface area contributed by atoms with E-state index in [1.54, 1.807) is 0 Å². The van der Waals surface area contributed by atoms with Crippen molar-refractivity contribution >= 4 is 10.9 Å². The van der Waals surface area contributed by atoms with E-state index in [2.05, 4.69) is 4.98 Å². The van der Waals surface area contributed by atoms with E-state index >= 15 is 0 Å². The number of phenolic OH excluding ortho intramolecular Hbond substituents is 2. The molecule has 0 aliphatic carbocycles. The van der Waals surface area contributed by atoms with Crippen molar-refractivity contribution in [1.82, 2.24) is 4.98 Å². The number of aromatic hydroxyl groups is 2.